The number of rotatable bonds is 7. The van der Waals surface area contributed by atoms with Crippen LogP contribution in [0.5, 0.6) is 0 Å². The SMILES string of the molecule is COCC(O)CCNC(=O)c1ccc(-c2ccc(C)c(C)c2)cc1F. The maximum Gasteiger partial charge on any atom is 0.254 e. The molecule has 5 heteroatoms. The van der Waals surface area contributed by atoms with Crippen LogP contribution in [-0.4, -0.2) is 37.4 Å². The van der Waals surface area contributed by atoms with Gasteiger partial charge >= 0.3 is 0 Å². The predicted molar refractivity (Wildman–Crippen MR) is 96.1 cm³/mol. The van der Waals surface area contributed by atoms with Gasteiger partial charge in [0.15, 0.2) is 0 Å². The summed E-state index contributed by atoms with van der Waals surface area (Å²) < 4.78 is 19.2. The van der Waals surface area contributed by atoms with E-state index in [2.05, 4.69) is 5.32 Å². The molecular formula is C20H24FNO3. The Hall–Kier alpha value is -2.24. The smallest absolute Gasteiger partial charge is 0.254 e. The Morgan fingerprint density at radius 3 is 2.48 bits per heavy atom. The zero-order valence-corrected chi connectivity index (χ0v) is 14.8. The van der Waals surface area contributed by atoms with E-state index in [1.54, 1.807) is 6.07 Å². The summed E-state index contributed by atoms with van der Waals surface area (Å²) in [4.78, 5) is 12.1. The van der Waals surface area contributed by atoms with E-state index >= 15 is 0 Å². The van der Waals surface area contributed by atoms with Crippen molar-refractivity contribution in [2.45, 2.75) is 26.4 Å². The largest absolute Gasteiger partial charge is 0.391 e. The van der Waals surface area contributed by atoms with E-state index in [0.29, 0.717) is 6.42 Å². The van der Waals surface area contributed by atoms with Crippen LogP contribution in [0.2, 0.25) is 0 Å². The normalized spacial score (nSPS) is 12.0. The molecule has 2 aromatic carbocycles. The van der Waals surface area contributed by atoms with E-state index in [-0.39, 0.29) is 18.7 Å². The molecule has 1 amide bonds. The topological polar surface area (TPSA) is 58.6 Å². The molecule has 0 aromatic heterocycles. The maximum atomic E-state index is 14.3. The first-order valence-corrected chi connectivity index (χ1v) is 8.24. The summed E-state index contributed by atoms with van der Waals surface area (Å²) in [5.41, 5.74) is 3.95. The number of methoxy groups -OCH3 is 1. The molecule has 0 aliphatic heterocycles. The minimum atomic E-state index is -0.651. The van der Waals surface area contributed by atoms with Crippen molar-refractivity contribution in [1.29, 1.82) is 0 Å². The summed E-state index contributed by atoms with van der Waals surface area (Å²) in [5.74, 6) is -1.06. The molecule has 1 atom stereocenters. The maximum absolute atomic E-state index is 14.3. The molecule has 2 N–H and O–H groups in total. The second-order valence-corrected chi connectivity index (χ2v) is 6.15. The van der Waals surface area contributed by atoms with Crippen molar-refractivity contribution in [3.63, 3.8) is 0 Å². The zero-order chi connectivity index (χ0) is 18.4. The molecule has 0 saturated heterocycles. The number of halogens is 1. The van der Waals surface area contributed by atoms with E-state index < -0.39 is 17.8 Å². The fraction of sp³-hybridized carbons (Fsp3) is 0.350. The van der Waals surface area contributed by atoms with Crippen molar-refractivity contribution in [3.8, 4) is 11.1 Å². The number of carbonyl (C=O) groups excluding carboxylic acids is 1. The lowest BCUT2D eigenvalue weighted by molar-refractivity contribution is 0.0587. The molecule has 0 bridgehead atoms. The molecule has 0 spiro atoms. The van der Waals surface area contributed by atoms with Gasteiger partial charge in [-0.25, -0.2) is 4.39 Å². The Bertz CT molecular complexity index is 746. The third-order valence-corrected chi connectivity index (χ3v) is 4.18. The second-order valence-electron chi connectivity index (χ2n) is 6.15. The lowest BCUT2D eigenvalue weighted by atomic mass is 9.99. The number of carbonyl (C=O) groups is 1. The van der Waals surface area contributed by atoms with Crippen LogP contribution >= 0.6 is 0 Å². The van der Waals surface area contributed by atoms with Crippen LogP contribution in [0.1, 0.15) is 27.9 Å². The van der Waals surface area contributed by atoms with Gasteiger partial charge in [-0.05, 0) is 54.7 Å². The highest BCUT2D eigenvalue weighted by atomic mass is 19.1. The van der Waals surface area contributed by atoms with Crippen LogP contribution in [0.15, 0.2) is 36.4 Å². The zero-order valence-electron chi connectivity index (χ0n) is 14.8. The quantitative estimate of drug-likeness (QED) is 0.810. The summed E-state index contributed by atoms with van der Waals surface area (Å²) in [5, 5.41) is 12.2. The van der Waals surface area contributed by atoms with E-state index in [0.717, 1.165) is 16.7 Å². The number of nitrogens with one attached hydrogen (secondary N) is 1. The molecule has 2 aromatic rings. The molecule has 134 valence electrons. The summed E-state index contributed by atoms with van der Waals surface area (Å²) in [6, 6.07) is 10.5. The number of hydrogen-bond acceptors (Lipinski definition) is 3. The number of aliphatic hydroxyl groups excluding tert-OH is 1. The fourth-order valence-corrected chi connectivity index (χ4v) is 2.52. The van der Waals surface area contributed by atoms with Crippen molar-refractivity contribution in [2.24, 2.45) is 0 Å². The summed E-state index contributed by atoms with van der Waals surface area (Å²) >= 11 is 0. The number of aryl methyl sites for hydroxylation is 2. The van der Waals surface area contributed by atoms with Crippen LogP contribution in [-0.2, 0) is 4.74 Å². The van der Waals surface area contributed by atoms with Gasteiger partial charge in [-0.1, -0.05) is 24.3 Å². The van der Waals surface area contributed by atoms with Gasteiger partial charge in [0, 0.05) is 13.7 Å². The Labute approximate surface area is 147 Å². The van der Waals surface area contributed by atoms with Gasteiger partial charge < -0.3 is 15.2 Å². The Kier molecular flexibility index (Phi) is 6.67. The van der Waals surface area contributed by atoms with E-state index in [1.165, 1.54) is 24.8 Å². The van der Waals surface area contributed by atoms with Crippen molar-refractivity contribution < 1.29 is 19.0 Å². The molecule has 0 fully saturated rings. The average molecular weight is 345 g/mol. The molecule has 0 heterocycles. The minimum Gasteiger partial charge on any atom is -0.391 e. The van der Waals surface area contributed by atoms with Gasteiger partial charge in [-0.3, -0.25) is 4.79 Å². The van der Waals surface area contributed by atoms with Crippen molar-refractivity contribution in [1.82, 2.24) is 5.32 Å². The highest BCUT2D eigenvalue weighted by Crippen LogP contribution is 2.24. The first kappa shape index (κ1) is 19.1. The third kappa shape index (κ3) is 5.11. The Morgan fingerprint density at radius 2 is 1.84 bits per heavy atom. The standard InChI is InChI=1S/C20H24FNO3/c1-13-4-5-15(10-14(13)2)16-6-7-18(19(21)11-16)20(24)22-9-8-17(23)12-25-3/h4-7,10-11,17,23H,8-9,12H2,1-3H3,(H,22,24). The highest BCUT2D eigenvalue weighted by molar-refractivity contribution is 5.95. The monoisotopic (exact) mass is 345 g/mol. The first-order chi connectivity index (χ1) is 11.9. The Balaban J connectivity index is 2.05. The summed E-state index contributed by atoms with van der Waals surface area (Å²) in [6.07, 6.45) is -0.302. The van der Waals surface area contributed by atoms with Gasteiger partial charge in [0.2, 0.25) is 0 Å². The molecular weight excluding hydrogens is 321 g/mol. The Morgan fingerprint density at radius 1 is 1.16 bits per heavy atom. The van der Waals surface area contributed by atoms with Gasteiger partial charge in [0.25, 0.3) is 5.91 Å². The summed E-state index contributed by atoms with van der Waals surface area (Å²) in [6.45, 7) is 4.49. The predicted octanol–water partition coefficient (Wildman–Crippen LogP) is 3.24. The molecule has 0 saturated carbocycles. The van der Waals surface area contributed by atoms with Gasteiger partial charge in [-0.2, -0.15) is 0 Å². The van der Waals surface area contributed by atoms with Gasteiger partial charge in [0.05, 0.1) is 18.3 Å². The number of hydrogen-bond donors (Lipinski definition) is 2. The molecule has 0 aliphatic rings. The van der Waals surface area contributed by atoms with E-state index in [9.17, 15) is 14.3 Å². The molecule has 4 nitrogen and oxygen atoms in total. The van der Waals surface area contributed by atoms with Gasteiger partial charge in [-0.15, -0.1) is 0 Å². The average Bonchev–Trinajstić information content (AvgIpc) is 2.57. The first-order valence-electron chi connectivity index (χ1n) is 8.24. The summed E-state index contributed by atoms with van der Waals surface area (Å²) in [7, 11) is 1.49. The van der Waals surface area contributed by atoms with Crippen molar-refractivity contribution in [2.75, 3.05) is 20.3 Å². The van der Waals surface area contributed by atoms with E-state index in [4.69, 9.17) is 4.74 Å². The highest BCUT2D eigenvalue weighted by Gasteiger charge is 2.13. The van der Waals surface area contributed by atoms with Crippen LogP contribution in [0.25, 0.3) is 11.1 Å². The molecule has 2 rings (SSSR count). The second kappa shape index (κ2) is 8.74. The van der Waals surface area contributed by atoms with Crippen molar-refractivity contribution >= 4 is 5.91 Å². The van der Waals surface area contributed by atoms with Crippen molar-refractivity contribution in [3.05, 3.63) is 58.9 Å². The van der Waals surface area contributed by atoms with Crippen LogP contribution in [0.3, 0.4) is 0 Å². The van der Waals surface area contributed by atoms with Crippen LogP contribution in [0, 0.1) is 19.7 Å². The minimum absolute atomic E-state index is 0.00573. The number of benzene rings is 2. The van der Waals surface area contributed by atoms with Crippen LogP contribution < -0.4 is 5.32 Å². The lowest BCUT2D eigenvalue weighted by Gasteiger charge is -2.11. The number of aliphatic hydroxyl groups is 1. The lowest BCUT2D eigenvalue weighted by Crippen LogP contribution is -2.29. The molecule has 0 radical (unpaired) electrons. The number of amides is 1. The van der Waals surface area contributed by atoms with Gasteiger partial charge in [0.1, 0.15) is 5.82 Å². The van der Waals surface area contributed by atoms with E-state index in [1.807, 2.05) is 32.0 Å². The molecule has 1 unspecified atom stereocenters. The molecule has 25 heavy (non-hydrogen) atoms. The fourth-order valence-electron chi connectivity index (χ4n) is 2.52. The third-order valence-electron chi connectivity index (χ3n) is 4.18. The molecule has 0 aliphatic carbocycles. The van der Waals surface area contributed by atoms with Crippen LogP contribution in [0.4, 0.5) is 4.39 Å². The number of ether oxygens (including phenoxy) is 1.